The molecule has 0 aromatic carbocycles. The fraction of sp³-hybridized carbons (Fsp3) is 0.500. The third-order valence-corrected chi connectivity index (χ3v) is 3.86. The normalized spacial score (nSPS) is 10.2. The van der Waals surface area contributed by atoms with Crippen LogP contribution in [-0.2, 0) is 4.79 Å². The van der Waals surface area contributed by atoms with Gasteiger partial charge in [0, 0.05) is 20.0 Å². The fourth-order valence-corrected chi connectivity index (χ4v) is 2.33. The number of rotatable bonds is 6. The highest BCUT2D eigenvalue weighted by Gasteiger charge is 2.16. The van der Waals surface area contributed by atoms with E-state index in [0.717, 1.165) is 24.4 Å². The summed E-state index contributed by atoms with van der Waals surface area (Å²) in [5.74, 6) is -0.325. The first-order valence-electron chi connectivity index (χ1n) is 5.35. The van der Waals surface area contributed by atoms with Crippen LogP contribution in [0.3, 0.4) is 0 Å². The van der Waals surface area contributed by atoms with Crippen molar-refractivity contribution in [3.8, 4) is 0 Å². The van der Waals surface area contributed by atoms with Crippen molar-refractivity contribution >= 4 is 46.5 Å². The summed E-state index contributed by atoms with van der Waals surface area (Å²) in [4.78, 5) is 22.6. The maximum atomic E-state index is 11.7. The lowest BCUT2D eigenvalue weighted by Crippen LogP contribution is -2.25. The maximum Gasteiger partial charge on any atom is 0.264 e. The third kappa shape index (κ3) is 4.80. The monoisotopic (exact) mass is 309 g/mol. The zero-order valence-corrected chi connectivity index (χ0v) is 12.1. The van der Waals surface area contributed by atoms with Gasteiger partial charge >= 0.3 is 0 Å². The van der Waals surface area contributed by atoms with Gasteiger partial charge in [-0.25, -0.2) is 0 Å². The minimum absolute atomic E-state index is 0.0508. The minimum atomic E-state index is -0.274. The van der Waals surface area contributed by atoms with E-state index in [1.54, 1.807) is 0 Å². The second kappa shape index (κ2) is 7.56. The Bertz CT molecular complexity index is 437. The Hall–Kier alpha value is -0.850. The molecule has 5 nitrogen and oxygen atoms in total. The average molecular weight is 310 g/mol. The summed E-state index contributed by atoms with van der Waals surface area (Å²) >= 11 is 12.4. The minimum Gasteiger partial charge on any atom is -0.356 e. The van der Waals surface area contributed by atoms with Crippen LogP contribution in [-0.4, -0.2) is 29.3 Å². The summed E-state index contributed by atoms with van der Waals surface area (Å²) in [6.07, 6.45) is 1.58. The van der Waals surface area contributed by atoms with Crippen molar-refractivity contribution in [1.29, 1.82) is 0 Å². The Balaban J connectivity index is 2.22. The maximum absolute atomic E-state index is 11.7. The number of nitrogens with one attached hydrogen (secondary N) is 2. The SMILES string of the molecule is CC(=O)NCCCCNC(=O)c1snc(Cl)c1Cl. The predicted octanol–water partition coefficient (Wildman–Crippen LogP) is 2.10. The second-order valence-electron chi connectivity index (χ2n) is 3.56. The summed E-state index contributed by atoms with van der Waals surface area (Å²) in [7, 11) is 0. The van der Waals surface area contributed by atoms with Gasteiger partial charge in [-0.15, -0.1) is 0 Å². The molecular formula is C10H13Cl2N3O2S. The van der Waals surface area contributed by atoms with Crippen LogP contribution < -0.4 is 10.6 Å². The van der Waals surface area contributed by atoms with Gasteiger partial charge in [-0.1, -0.05) is 23.2 Å². The van der Waals surface area contributed by atoms with Crippen LogP contribution in [0, 0.1) is 0 Å². The lowest BCUT2D eigenvalue weighted by molar-refractivity contribution is -0.118. The molecule has 0 bridgehead atoms. The van der Waals surface area contributed by atoms with E-state index in [1.165, 1.54) is 6.92 Å². The van der Waals surface area contributed by atoms with Gasteiger partial charge in [0.15, 0.2) is 5.15 Å². The highest BCUT2D eigenvalue weighted by molar-refractivity contribution is 7.09. The molecule has 2 amide bonds. The van der Waals surface area contributed by atoms with Gasteiger partial charge in [0.25, 0.3) is 5.91 Å². The van der Waals surface area contributed by atoms with Crippen LogP contribution in [0.2, 0.25) is 10.2 Å². The van der Waals surface area contributed by atoms with E-state index in [4.69, 9.17) is 23.2 Å². The number of aromatic nitrogens is 1. The first kappa shape index (κ1) is 15.2. The van der Waals surface area contributed by atoms with Crippen LogP contribution in [0.4, 0.5) is 0 Å². The summed E-state index contributed by atoms with van der Waals surface area (Å²) in [5, 5.41) is 5.74. The van der Waals surface area contributed by atoms with E-state index in [2.05, 4.69) is 15.0 Å². The first-order chi connectivity index (χ1) is 8.52. The van der Waals surface area contributed by atoms with E-state index in [0.29, 0.717) is 18.0 Å². The van der Waals surface area contributed by atoms with Gasteiger partial charge in [0.1, 0.15) is 9.90 Å². The Kier molecular flexibility index (Phi) is 6.38. The average Bonchev–Trinajstić information content (AvgIpc) is 2.64. The molecule has 0 atom stereocenters. The molecule has 0 radical (unpaired) electrons. The Labute approximate surface area is 119 Å². The van der Waals surface area contributed by atoms with E-state index < -0.39 is 0 Å². The summed E-state index contributed by atoms with van der Waals surface area (Å²) in [5.41, 5.74) is 0. The Morgan fingerprint density at radius 1 is 1.22 bits per heavy atom. The number of amides is 2. The largest absolute Gasteiger partial charge is 0.356 e. The quantitative estimate of drug-likeness (QED) is 0.790. The van der Waals surface area contributed by atoms with E-state index in [1.807, 2.05) is 0 Å². The molecule has 0 aliphatic heterocycles. The van der Waals surface area contributed by atoms with Crippen LogP contribution in [0.15, 0.2) is 0 Å². The van der Waals surface area contributed by atoms with Crippen molar-refractivity contribution < 1.29 is 9.59 Å². The molecule has 100 valence electrons. The van der Waals surface area contributed by atoms with E-state index >= 15 is 0 Å². The molecule has 1 aromatic rings. The molecular weight excluding hydrogens is 297 g/mol. The number of halogens is 2. The summed E-state index contributed by atoms with van der Waals surface area (Å²) < 4.78 is 3.78. The molecule has 1 heterocycles. The van der Waals surface area contributed by atoms with Crippen LogP contribution in [0.5, 0.6) is 0 Å². The van der Waals surface area contributed by atoms with Gasteiger partial charge < -0.3 is 10.6 Å². The topological polar surface area (TPSA) is 71.1 Å². The predicted molar refractivity (Wildman–Crippen MR) is 72.4 cm³/mol. The highest BCUT2D eigenvalue weighted by Crippen LogP contribution is 2.28. The molecule has 0 aliphatic rings. The summed E-state index contributed by atoms with van der Waals surface area (Å²) in [6.45, 7) is 2.60. The first-order valence-corrected chi connectivity index (χ1v) is 6.88. The zero-order valence-electron chi connectivity index (χ0n) is 9.76. The molecule has 0 unspecified atom stereocenters. The lowest BCUT2D eigenvalue weighted by Gasteiger charge is -2.04. The highest BCUT2D eigenvalue weighted by atomic mass is 35.5. The van der Waals surface area contributed by atoms with Crippen molar-refractivity contribution in [2.24, 2.45) is 0 Å². The molecule has 1 rings (SSSR count). The molecule has 18 heavy (non-hydrogen) atoms. The smallest absolute Gasteiger partial charge is 0.264 e. The number of unbranched alkanes of at least 4 members (excludes halogenated alkanes) is 1. The number of carbonyl (C=O) groups is 2. The van der Waals surface area contributed by atoms with Gasteiger partial charge in [-0.3, -0.25) is 9.59 Å². The van der Waals surface area contributed by atoms with Crippen LogP contribution in [0.1, 0.15) is 29.4 Å². The second-order valence-corrected chi connectivity index (χ2v) is 5.07. The molecule has 1 aromatic heterocycles. The van der Waals surface area contributed by atoms with Gasteiger partial charge in [-0.05, 0) is 24.4 Å². The molecule has 0 fully saturated rings. The number of nitrogens with zero attached hydrogens (tertiary/aromatic N) is 1. The molecule has 0 saturated carbocycles. The molecule has 0 saturated heterocycles. The van der Waals surface area contributed by atoms with Gasteiger partial charge in [0.2, 0.25) is 5.91 Å². The van der Waals surface area contributed by atoms with Crippen LogP contribution in [0.25, 0.3) is 0 Å². The fourth-order valence-electron chi connectivity index (χ4n) is 1.20. The standard InChI is InChI=1S/C10H13Cl2N3O2S/c1-6(16)13-4-2-3-5-14-10(17)8-7(11)9(12)15-18-8/h2-5H2,1H3,(H,13,16)(H,14,17). The van der Waals surface area contributed by atoms with Crippen molar-refractivity contribution in [1.82, 2.24) is 15.0 Å². The third-order valence-electron chi connectivity index (χ3n) is 2.07. The van der Waals surface area contributed by atoms with E-state index in [9.17, 15) is 9.59 Å². The number of hydrogen-bond donors (Lipinski definition) is 2. The Morgan fingerprint density at radius 2 is 1.83 bits per heavy atom. The van der Waals surface area contributed by atoms with Crippen LogP contribution >= 0.6 is 34.7 Å². The van der Waals surface area contributed by atoms with E-state index in [-0.39, 0.29) is 22.0 Å². The van der Waals surface area contributed by atoms with Crippen molar-refractivity contribution in [2.75, 3.05) is 13.1 Å². The van der Waals surface area contributed by atoms with Crippen molar-refractivity contribution in [2.45, 2.75) is 19.8 Å². The summed E-state index contributed by atoms with van der Waals surface area (Å²) in [6, 6.07) is 0. The zero-order chi connectivity index (χ0) is 13.5. The molecule has 2 N–H and O–H groups in total. The molecule has 0 aliphatic carbocycles. The lowest BCUT2D eigenvalue weighted by atomic mass is 10.3. The Morgan fingerprint density at radius 3 is 2.33 bits per heavy atom. The molecule has 0 spiro atoms. The molecule has 8 heteroatoms. The van der Waals surface area contributed by atoms with Gasteiger partial charge in [-0.2, -0.15) is 4.37 Å². The number of carbonyl (C=O) groups excluding carboxylic acids is 2. The number of hydrogen-bond acceptors (Lipinski definition) is 4. The van der Waals surface area contributed by atoms with Gasteiger partial charge in [0.05, 0.1) is 0 Å². The van der Waals surface area contributed by atoms with Crippen molar-refractivity contribution in [3.63, 3.8) is 0 Å². The van der Waals surface area contributed by atoms with Crippen molar-refractivity contribution in [3.05, 3.63) is 15.1 Å².